The number of hydrogen-bond acceptors (Lipinski definition) is 1. The summed E-state index contributed by atoms with van der Waals surface area (Å²) in [5.74, 6) is 0.310. The van der Waals surface area contributed by atoms with Crippen LogP contribution in [0.15, 0.2) is 42.5 Å². The van der Waals surface area contributed by atoms with Gasteiger partial charge >= 0.3 is 0 Å². The van der Waals surface area contributed by atoms with Crippen LogP contribution in [-0.2, 0) is 0 Å². The molecule has 0 heterocycles. The van der Waals surface area contributed by atoms with Crippen molar-refractivity contribution in [2.75, 3.05) is 5.32 Å². The highest BCUT2D eigenvalue weighted by Gasteiger charge is 2.09. The first-order chi connectivity index (χ1) is 9.47. The monoisotopic (exact) mass is 287 g/mol. The van der Waals surface area contributed by atoms with Gasteiger partial charge in [-0.2, -0.15) is 0 Å². The summed E-state index contributed by atoms with van der Waals surface area (Å²) >= 11 is 6.11. The first-order valence-electron chi connectivity index (χ1n) is 6.65. The molecule has 0 unspecified atom stereocenters. The van der Waals surface area contributed by atoms with E-state index in [1.54, 1.807) is 0 Å². The van der Waals surface area contributed by atoms with Gasteiger partial charge in [0.15, 0.2) is 0 Å². The molecule has 2 rings (SSSR count). The first kappa shape index (κ1) is 14.6. The van der Waals surface area contributed by atoms with E-state index in [2.05, 4.69) is 19.2 Å². The van der Waals surface area contributed by atoms with Crippen LogP contribution in [0.25, 0.3) is 0 Å². The molecule has 2 nitrogen and oxygen atoms in total. The van der Waals surface area contributed by atoms with Crippen LogP contribution in [0.4, 0.5) is 5.69 Å². The molecule has 1 N–H and O–H groups in total. The van der Waals surface area contributed by atoms with Crippen LogP contribution in [0.3, 0.4) is 0 Å². The fraction of sp³-hybridized carbons (Fsp3) is 0.235. The topological polar surface area (TPSA) is 29.1 Å². The van der Waals surface area contributed by atoms with Crippen molar-refractivity contribution in [3.05, 3.63) is 64.2 Å². The highest BCUT2D eigenvalue weighted by Crippen LogP contribution is 2.23. The fourth-order valence-corrected chi connectivity index (χ4v) is 2.22. The maximum Gasteiger partial charge on any atom is 0.255 e. The molecule has 0 atom stereocenters. The number of amides is 1. The number of nitrogens with one attached hydrogen (secondary N) is 1. The third kappa shape index (κ3) is 3.40. The third-order valence-corrected chi connectivity index (χ3v) is 3.53. The molecule has 0 fully saturated rings. The van der Waals surface area contributed by atoms with E-state index in [1.807, 2.05) is 49.4 Å². The zero-order valence-corrected chi connectivity index (χ0v) is 12.7. The lowest BCUT2D eigenvalue weighted by Gasteiger charge is -2.09. The van der Waals surface area contributed by atoms with Crippen molar-refractivity contribution in [3.63, 3.8) is 0 Å². The lowest BCUT2D eigenvalue weighted by Crippen LogP contribution is -2.12. The molecule has 0 radical (unpaired) electrons. The maximum atomic E-state index is 12.2. The van der Waals surface area contributed by atoms with Crippen molar-refractivity contribution < 1.29 is 4.79 Å². The van der Waals surface area contributed by atoms with Crippen molar-refractivity contribution in [1.82, 2.24) is 0 Å². The Morgan fingerprint density at radius 1 is 1.10 bits per heavy atom. The minimum absolute atomic E-state index is 0.147. The van der Waals surface area contributed by atoms with Gasteiger partial charge in [-0.1, -0.05) is 43.6 Å². The van der Waals surface area contributed by atoms with Crippen LogP contribution in [0.1, 0.15) is 41.3 Å². The number of halogens is 1. The molecule has 3 heteroatoms. The summed E-state index contributed by atoms with van der Waals surface area (Å²) in [6.45, 7) is 6.21. The van der Waals surface area contributed by atoms with Gasteiger partial charge in [0.05, 0.1) is 10.7 Å². The molecule has 20 heavy (non-hydrogen) atoms. The number of aryl methyl sites for hydroxylation is 1. The van der Waals surface area contributed by atoms with Crippen LogP contribution < -0.4 is 5.32 Å². The largest absolute Gasteiger partial charge is 0.321 e. The summed E-state index contributed by atoms with van der Waals surface area (Å²) in [7, 11) is 0. The van der Waals surface area contributed by atoms with Crippen LogP contribution >= 0.6 is 11.6 Å². The Morgan fingerprint density at radius 3 is 2.30 bits per heavy atom. The molecule has 0 spiro atoms. The smallest absolute Gasteiger partial charge is 0.255 e. The second-order valence-electron chi connectivity index (χ2n) is 5.21. The second kappa shape index (κ2) is 6.10. The van der Waals surface area contributed by atoms with E-state index in [0.29, 0.717) is 22.2 Å². The molecular weight excluding hydrogens is 270 g/mol. The Hall–Kier alpha value is -1.80. The highest BCUT2D eigenvalue weighted by molar-refractivity contribution is 6.34. The van der Waals surface area contributed by atoms with Gasteiger partial charge < -0.3 is 5.32 Å². The number of hydrogen-bond donors (Lipinski definition) is 1. The first-order valence-corrected chi connectivity index (χ1v) is 7.02. The predicted octanol–water partition coefficient (Wildman–Crippen LogP) is 5.02. The van der Waals surface area contributed by atoms with Gasteiger partial charge in [0.25, 0.3) is 5.91 Å². The Kier molecular flexibility index (Phi) is 4.46. The summed E-state index contributed by atoms with van der Waals surface area (Å²) in [5, 5.41) is 3.38. The summed E-state index contributed by atoms with van der Waals surface area (Å²) in [5.41, 5.74) is 3.55. The van der Waals surface area contributed by atoms with Gasteiger partial charge in [-0.15, -0.1) is 0 Å². The quantitative estimate of drug-likeness (QED) is 0.843. The number of carbonyl (C=O) groups is 1. The van der Waals surface area contributed by atoms with E-state index in [4.69, 9.17) is 11.6 Å². The molecule has 0 saturated carbocycles. The van der Waals surface area contributed by atoms with Gasteiger partial charge in [-0.05, 0) is 48.2 Å². The van der Waals surface area contributed by atoms with Crippen molar-refractivity contribution in [1.29, 1.82) is 0 Å². The van der Waals surface area contributed by atoms with Crippen LogP contribution in [0.5, 0.6) is 0 Å². The third-order valence-electron chi connectivity index (χ3n) is 3.21. The highest BCUT2D eigenvalue weighted by atomic mass is 35.5. The molecule has 104 valence electrons. The van der Waals surface area contributed by atoms with Gasteiger partial charge in [-0.25, -0.2) is 0 Å². The maximum absolute atomic E-state index is 12.2. The van der Waals surface area contributed by atoms with Gasteiger partial charge in [0, 0.05) is 5.56 Å². The standard InChI is InChI=1S/C17H18ClNO/c1-11(2)13-5-7-14(8-6-13)17(20)19-16-9-4-12(3)10-15(16)18/h4-11H,1-3H3,(H,19,20). The van der Waals surface area contributed by atoms with Gasteiger partial charge in [0.1, 0.15) is 0 Å². The van der Waals surface area contributed by atoms with E-state index >= 15 is 0 Å². The van der Waals surface area contributed by atoms with E-state index in [9.17, 15) is 4.79 Å². The normalized spacial score (nSPS) is 10.7. The van der Waals surface area contributed by atoms with E-state index in [1.165, 1.54) is 5.56 Å². The Bertz CT molecular complexity index is 617. The summed E-state index contributed by atoms with van der Waals surface area (Å²) in [6.07, 6.45) is 0. The van der Waals surface area contributed by atoms with E-state index in [-0.39, 0.29) is 5.91 Å². The molecule has 0 saturated heterocycles. The van der Waals surface area contributed by atoms with Gasteiger partial charge in [0.2, 0.25) is 0 Å². The lowest BCUT2D eigenvalue weighted by molar-refractivity contribution is 0.102. The van der Waals surface area contributed by atoms with Crippen LogP contribution in [0.2, 0.25) is 5.02 Å². The van der Waals surface area contributed by atoms with Crippen molar-refractivity contribution in [2.24, 2.45) is 0 Å². The Balaban J connectivity index is 2.15. The molecule has 0 aliphatic rings. The number of anilines is 1. The average Bonchev–Trinajstić information content (AvgIpc) is 2.42. The molecule has 0 aliphatic carbocycles. The molecule has 2 aromatic carbocycles. The molecule has 1 amide bonds. The number of benzene rings is 2. The van der Waals surface area contributed by atoms with E-state index in [0.717, 1.165) is 5.56 Å². The van der Waals surface area contributed by atoms with Crippen LogP contribution in [0, 0.1) is 6.92 Å². The molecule has 2 aromatic rings. The predicted molar refractivity (Wildman–Crippen MR) is 84.7 cm³/mol. The minimum Gasteiger partial charge on any atom is -0.321 e. The number of rotatable bonds is 3. The number of carbonyl (C=O) groups excluding carboxylic acids is 1. The zero-order valence-electron chi connectivity index (χ0n) is 11.9. The average molecular weight is 288 g/mol. The van der Waals surface area contributed by atoms with Gasteiger partial charge in [-0.3, -0.25) is 4.79 Å². The zero-order chi connectivity index (χ0) is 14.7. The summed E-state index contributed by atoms with van der Waals surface area (Å²) in [4.78, 5) is 12.2. The second-order valence-corrected chi connectivity index (χ2v) is 5.62. The Morgan fingerprint density at radius 2 is 1.75 bits per heavy atom. The molecular formula is C17H18ClNO. The molecule has 0 aromatic heterocycles. The molecule has 0 aliphatic heterocycles. The minimum atomic E-state index is -0.147. The van der Waals surface area contributed by atoms with Crippen molar-refractivity contribution in [3.8, 4) is 0 Å². The van der Waals surface area contributed by atoms with E-state index < -0.39 is 0 Å². The molecule has 0 bridgehead atoms. The van der Waals surface area contributed by atoms with Crippen LogP contribution in [-0.4, -0.2) is 5.91 Å². The Labute approximate surface area is 124 Å². The summed E-state index contributed by atoms with van der Waals surface area (Å²) in [6, 6.07) is 13.2. The van der Waals surface area contributed by atoms with Crippen molar-refractivity contribution in [2.45, 2.75) is 26.7 Å². The SMILES string of the molecule is Cc1ccc(NC(=O)c2ccc(C(C)C)cc2)c(Cl)c1. The van der Waals surface area contributed by atoms with Crippen molar-refractivity contribution >= 4 is 23.2 Å². The fourth-order valence-electron chi connectivity index (χ4n) is 1.94. The summed E-state index contributed by atoms with van der Waals surface area (Å²) < 4.78 is 0. The lowest BCUT2D eigenvalue weighted by atomic mass is 10.0.